The fourth-order valence-corrected chi connectivity index (χ4v) is 3.29. The molecule has 1 aromatic carbocycles. The summed E-state index contributed by atoms with van der Waals surface area (Å²) in [5.41, 5.74) is -1.10. The first-order valence-corrected chi connectivity index (χ1v) is 9.20. The molecule has 1 amide bonds. The number of amides is 1. The van der Waals surface area contributed by atoms with E-state index in [2.05, 4.69) is 15.5 Å². The Morgan fingerprint density at radius 1 is 1.30 bits per heavy atom. The van der Waals surface area contributed by atoms with Gasteiger partial charge < -0.3 is 10.1 Å². The van der Waals surface area contributed by atoms with Crippen molar-refractivity contribution in [1.29, 1.82) is 0 Å². The number of hydrogen-bond donors (Lipinski definition) is 1. The number of thioether (sulfide) groups is 1. The van der Waals surface area contributed by atoms with E-state index in [4.69, 9.17) is 4.74 Å². The maximum absolute atomic E-state index is 13.0. The molecule has 9 nitrogen and oxygen atoms in total. The van der Waals surface area contributed by atoms with Gasteiger partial charge in [0.2, 0.25) is 5.91 Å². The van der Waals surface area contributed by atoms with E-state index in [1.165, 1.54) is 32.2 Å². The van der Waals surface area contributed by atoms with Gasteiger partial charge in [0.25, 0.3) is 5.69 Å². The number of fused-ring (bicyclic) bond motifs is 1. The molecule has 0 bridgehead atoms. The van der Waals surface area contributed by atoms with Crippen molar-refractivity contribution in [2.75, 3.05) is 12.4 Å². The maximum atomic E-state index is 13.0. The number of carbonyl (C=O) groups excluding carboxylic acids is 1. The lowest BCUT2D eigenvalue weighted by molar-refractivity contribution is -0.384. The summed E-state index contributed by atoms with van der Waals surface area (Å²) >= 11 is 0.864. The van der Waals surface area contributed by atoms with Crippen LogP contribution in [0.5, 0.6) is 5.75 Å². The number of anilines is 1. The van der Waals surface area contributed by atoms with E-state index in [9.17, 15) is 28.1 Å². The van der Waals surface area contributed by atoms with Crippen molar-refractivity contribution in [1.82, 2.24) is 14.6 Å². The molecular weight excluding hydrogens is 427 g/mol. The average Bonchev–Trinajstić information content (AvgIpc) is 3.09. The number of ether oxygens (including phenoxy) is 1. The number of rotatable bonds is 6. The molecule has 158 valence electrons. The Labute approximate surface area is 171 Å². The summed E-state index contributed by atoms with van der Waals surface area (Å²) in [5.74, 6) is -0.352. The molecule has 0 aliphatic rings. The number of nitrogens with one attached hydrogen (secondary N) is 1. The van der Waals surface area contributed by atoms with E-state index < -0.39 is 27.8 Å². The van der Waals surface area contributed by atoms with Gasteiger partial charge >= 0.3 is 6.18 Å². The molecule has 0 aliphatic heterocycles. The Morgan fingerprint density at radius 3 is 2.67 bits per heavy atom. The second kappa shape index (κ2) is 8.18. The largest absolute Gasteiger partial charge is 0.496 e. The third kappa shape index (κ3) is 4.45. The number of hydrogen-bond acceptors (Lipinski definition) is 7. The van der Waals surface area contributed by atoms with Gasteiger partial charge in [0.1, 0.15) is 11.4 Å². The Hall–Kier alpha value is -3.35. The fourth-order valence-electron chi connectivity index (χ4n) is 2.46. The second-order valence-electron chi connectivity index (χ2n) is 6.02. The number of benzene rings is 1. The summed E-state index contributed by atoms with van der Waals surface area (Å²) in [6.45, 7) is 1.49. The van der Waals surface area contributed by atoms with Crippen LogP contribution >= 0.6 is 11.8 Å². The van der Waals surface area contributed by atoms with Crippen LogP contribution in [0.2, 0.25) is 0 Å². The Bertz CT molecular complexity index is 1120. The molecule has 0 aliphatic carbocycles. The van der Waals surface area contributed by atoms with E-state index in [1.807, 2.05) is 0 Å². The molecular formula is C17H14F3N5O4S. The molecule has 2 aromatic heterocycles. The summed E-state index contributed by atoms with van der Waals surface area (Å²) in [4.78, 5) is 23.1. The number of aromatic nitrogens is 3. The Kier molecular flexibility index (Phi) is 5.82. The SMILES string of the molecule is COc1ccc(NC(=O)C(C)Sc2nnc3ccc(C(F)(F)F)cn23)c([N+](=O)[O-])c1. The molecule has 0 saturated carbocycles. The average molecular weight is 441 g/mol. The van der Waals surface area contributed by atoms with Crippen molar-refractivity contribution in [2.24, 2.45) is 0 Å². The van der Waals surface area contributed by atoms with E-state index >= 15 is 0 Å². The standard InChI is InChI=1S/C17H14F3N5O4S/c1-9(15(26)21-12-5-4-11(29-2)7-13(12)25(27)28)30-16-23-22-14-6-3-10(8-24(14)16)17(18,19)20/h3-9H,1-2H3,(H,21,26). The normalized spacial score (nSPS) is 12.6. The van der Waals surface area contributed by atoms with Crippen molar-refractivity contribution in [3.63, 3.8) is 0 Å². The van der Waals surface area contributed by atoms with Crippen molar-refractivity contribution in [2.45, 2.75) is 23.5 Å². The lowest BCUT2D eigenvalue weighted by atomic mass is 10.2. The van der Waals surface area contributed by atoms with Crippen LogP contribution in [0, 0.1) is 10.1 Å². The topological polar surface area (TPSA) is 112 Å². The molecule has 0 radical (unpaired) electrons. The number of carbonyl (C=O) groups is 1. The summed E-state index contributed by atoms with van der Waals surface area (Å²) in [6, 6.07) is 6.00. The molecule has 0 saturated heterocycles. The highest BCUT2D eigenvalue weighted by molar-refractivity contribution is 8.00. The predicted octanol–water partition coefficient (Wildman–Crippen LogP) is 3.78. The van der Waals surface area contributed by atoms with Crippen LogP contribution in [0.25, 0.3) is 5.65 Å². The van der Waals surface area contributed by atoms with Crippen LogP contribution in [-0.2, 0) is 11.0 Å². The van der Waals surface area contributed by atoms with Gasteiger partial charge in [-0.05, 0) is 31.2 Å². The van der Waals surface area contributed by atoms with Crippen molar-refractivity contribution in [3.05, 3.63) is 52.2 Å². The lowest BCUT2D eigenvalue weighted by Crippen LogP contribution is -2.23. The van der Waals surface area contributed by atoms with Gasteiger partial charge in [0, 0.05) is 6.20 Å². The van der Waals surface area contributed by atoms with E-state index in [0.717, 1.165) is 34.5 Å². The highest BCUT2D eigenvalue weighted by Crippen LogP contribution is 2.32. The zero-order chi connectivity index (χ0) is 22.1. The van der Waals surface area contributed by atoms with Gasteiger partial charge in [-0.3, -0.25) is 19.3 Å². The highest BCUT2D eigenvalue weighted by atomic mass is 32.2. The van der Waals surface area contributed by atoms with Gasteiger partial charge in [0.05, 0.1) is 28.9 Å². The number of halogens is 3. The number of pyridine rings is 1. The van der Waals surface area contributed by atoms with E-state index in [-0.39, 0.29) is 27.9 Å². The second-order valence-corrected chi connectivity index (χ2v) is 7.32. The first-order valence-electron chi connectivity index (χ1n) is 8.32. The summed E-state index contributed by atoms with van der Waals surface area (Å²) in [5, 5.41) is 20.5. The minimum Gasteiger partial charge on any atom is -0.496 e. The van der Waals surface area contributed by atoms with E-state index in [1.54, 1.807) is 0 Å². The Morgan fingerprint density at radius 2 is 2.03 bits per heavy atom. The van der Waals surface area contributed by atoms with Gasteiger partial charge in [-0.1, -0.05) is 11.8 Å². The van der Waals surface area contributed by atoms with Crippen LogP contribution < -0.4 is 10.1 Å². The number of nitro groups is 1. The zero-order valence-corrected chi connectivity index (χ0v) is 16.3. The highest BCUT2D eigenvalue weighted by Gasteiger charge is 2.31. The monoisotopic (exact) mass is 441 g/mol. The quantitative estimate of drug-likeness (QED) is 0.352. The molecule has 0 spiro atoms. The molecule has 0 fully saturated rings. The zero-order valence-electron chi connectivity index (χ0n) is 15.5. The van der Waals surface area contributed by atoms with Crippen molar-refractivity contribution >= 4 is 34.7 Å². The van der Waals surface area contributed by atoms with Gasteiger partial charge in [-0.2, -0.15) is 13.2 Å². The van der Waals surface area contributed by atoms with Crippen LogP contribution in [0.1, 0.15) is 12.5 Å². The molecule has 30 heavy (non-hydrogen) atoms. The molecule has 1 N–H and O–H groups in total. The van der Waals surface area contributed by atoms with Crippen LogP contribution in [-0.4, -0.2) is 37.8 Å². The van der Waals surface area contributed by atoms with Crippen LogP contribution in [0.3, 0.4) is 0 Å². The molecule has 1 unspecified atom stereocenters. The van der Waals surface area contributed by atoms with E-state index in [0.29, 0.717) is 0 Å². The first-order chi connectivity index (χ1) is 14.1. The number of methoxy groups -OCH3 is 1. The summed E-state index contributed by atoms with van der Waals surface area (Å²) in [7, 11) is 1.35. The third-order valence-corrected chi connectivity index (χ3v) is 5.07. The molecule has 13 heteroatoms. The smallest absolute Gasteiger partial charge is 0.417 e. The summed E-state index contributed by atoms with van der Waals surface area (Å²) in [6.07, 6.45) is -3.70. The van der Waals surface area contributed by atoms with Crippen molar-refractivity contribution < 1.29 is 27.6 Å². The fraction of sp³-hybridized carbons (Fsp3) is 0.235. The van der Waals surface area contributed by atoms with Crippen LogP contribution in [0.15, 0.2) is 41.7 Å². The van der Waals surface area contributed by atoms with Crippen molar-refractivity contribution in [3.8, 4) is 5.75 Å². The van der Waals surface area contributed by atoms with Crippen LogP contribution in [0.4, 0.5) is 24.5 Å². The summed E-state index contributed by atoms with van der Waals surface area (Å²) < 4.78 is 44.9. The molecule has 1 atom stereocenters. The minimum absolute atomic E-state index is 0.0382. The molecule has 3 aromatic rings. The number of nitro benzene ring substituents is 1. The number of alkyl halides is 3. The Balaban J connectivity index is 1.81. The molecule has 2 heterocycles. The molecule has 3 rings (SSSR count). The predicted molar refractivity (Wildman–Crippen MR) is 102 cm³/mol. The van der Waals surface area contributed by atoms with Gasteiger partial charge in [0.15, 0.2) is 10.8 Å². The third-order valence-electron chi connectivity index (χ3n) is 4.01. The van der Waals surface area contributed by atoms with Gasteiger partial charge in [-0.15, -0.1) is 10.2 Å². The van der Waals surface area contributed by atoms with Gasteiger partial charge in [-0.25, -0.2) is 0 Å². The maximum Gasteiger partial charge on any atom is 0.417 e. The lowest BCUT2D eigenvalue weighted by Gasteiger charge is -2.12. The minimum atomic E-state index is -4.54. The number of nitrogens with zero attached hydrogens (tertiary/aromatic N) is 4. The first kappa shape index (κ1) is 21.4.